The molecule has 8 nitrogen and oxygen atoms in total. The molecule has 0 spiro atoms. The largest absolute Gasteiger partial charge is 0.493 e. The van der Waals surface area contributed by atoms with Crippen molar-refractivity contribution in [3.05, 3.63) is 78.5 Å². The van der Waals surface area contributed by atoms with Crippen molar-refractivity contribution in [3.63, 3.8) is 0 Å². The molecule has 3 aromatic carbocycles. The number of imidazole rings is 1. The second-order valence-electron chi connectivity index (χ2n) is 8.61. The average Bonchev–Trinajstić information content (AvgIpc) is 3.52. The van der Waals surface area contributed by atoms with Crippen LogP contribution in [0.3, 0.4) is 0 Å². The van der Waals surface area contributed by atoms with E-state index in [2.05, 4.69) is 11.1 Å². The Morgan fingerprint density at radius 1 is 0.784 bits per heavy atom. The van der Waals surface area contributed by atoms with Crippen LogP contribution in [0.4, 0.5) is 0 Å². The van der Waals surface area contributed by atoms with Gasteiger partial charge in [-0.1, -0.05) is 30.3 Å². The van der Waals surface area contributed by atoms with Crippen LogP contribution in [-0.2, 0) is 0 Å². The van der Waals surface area contributed by atoms with E-state index in [0.29, 0.717) is 28.8 Å². The summed E-state index contributed by atoms with van der Waals surface area (Å²) in [6, 6.07) is 23.8. The molecule has 184 valence electrons. The number of methoxy groups -OCH3 is 3. The fourth-order valence-corrected chi connectivity index (χ4v) is 4.63. The Kier molecular flexibility index (Phi) is 5.49. The monoisotopic (exact) mass is 491 g/mol. The van der Waals surface area contributed by atoms with Gasteiger partial charge in [-0.05, 0) is 49.4 Å². The van der Waals surface area contributed by atoms with Crippen molar-refractivity contribution in [2.24, 2.45) is 0 Å². The van der Waals surface area contributed by atoms with E-state index in [0.717, 1.165) is 44.6 Å². The molecule has 0 bridgehead atoms. The third-order valence-electron chi connectivity index (χ3n) is 6.43. The topological polar surface area (TPSA) is 87.1 Å². The van der Waals surface area contributed by atoms with Gasteiger partial charge >= 0.3 is 0 Å². The van der Waals surface area contributed by atoms with Gasteiger partial charge in [0.15, 0.2) is 17.1 Å². The molecule has 0 radical (unpaired) electrons. The molecule has 0 atom stereocenters. The lowest BCUT2D eigenvalue weighted by Crippen LogP contribution is -2.00. The number of fused-ring (bicyclic) bond motifs is 2. The molecule has 0 amide bonds. The summed E-state index contributed by atoms with van der Waals surface area (Å²) in [4.78, 5) is 13.5. The number of benzene rings is 3. The van der Waals surface area contributed by atoms with Gasteiger partial charge in [-0.2, -0.15) is 5.10 Å². The highest BCUT2D eigenvalue weighted by molar-refractivity contribution is 5.93. The minimum Gasteiger partial charge on any atom is -0.493 e. The Morgan fingerprint density at radius 3 is 2.16 bits per heavy atom. The Bertz CT molecular complexity index is 1700. The SMILES string of the molecule is COc1cc(-c2nc3c(cc2-c2nc4ccccc4[nH]2)c(C)nn3-c2ccccc2)cc(OC)c1OC. The van der Waals surface area contributed by atoms with Crippen molar-refractivity contribution in [1.29, 1.82) is 0 Å². The molecule has 0 saturated heterocycles. The molecule has 6 aromatic rings. The van der Waals surface area contributed by atoms with E-state index in [-0.39, 0.29) is 0 Å². The van der Waals surface area contributed by atoms with Crippen molar-refractivity contribution in [2.75, 3.05) is 21.3 Å². The molecule has 0 fully saturated rings. The Labute approximate surface area is 213 Å². The standard InChI is InChI=1S/C29H25N5O3/c1-17-20-16-21(28-30-22-12-8-9-13-23(22)31-28)26(18-14-24(35-2)27(37-4)25(15-18)36-3)32-29(20)34(33-17)19-10-6-5-7-11-19/h5-16H,1-4H3,(H,30,31). The number of hydrogen-bond acceptors (Lipinski definition) is 6. The fourth-order valence-electron chi connectivity index (χ4n) is 4.63. The molecule has 6 rings (SSSR count). The van der Waals surface area contributed by atoms with Gasteiger partial charge in [0.05, 0.1) is 49.4 Å². The van der Waals surface area contributed by atoms with Crippen LogP contribution in [-0.4, -0.2) is 46.1 Å². The molecule has 1 N–H and O–H groups in total. The minimum atomic E-state index is 0.519. The Balaban J connectivity index is 1.68. The molecule has 3 aromatic heterocycles. The Hall–Kier alpha value is -4.85. The number of para-hydroxylation sites is 3. The van der Waals surface area contributed by atoms with Gasteiger partial charge in [0.25, 0.3) is 0 Å². The first kappa shape index (κ1) is 22.6. The zero-order chi connectivity index (χ0) is 25.5. The van der Waals surface area contributed by atoms with Crippen LogP contribution in [0.5, 0.6) is 17.2 Å². The number of ether oxygens (including phenoxy) is 3. The Morgan fingerprint density at radius 2 is 1.49 bits per heavy atom. The molecule has 3 heterocycles. The number of H-pyrrole nitrogens is 1. The fraction of sp³-hybridized carbons (Fsp3) is 0.138. The summed E-state index contributed by atoms with van der Waals surface area (Å²) < 4.78 is 18.7. The third kappa shape index (κ3) is 3.74. The van der Waals surface area contributed by atoms with Crippen molar-refractivity contribution in [2.45, 2.75) is 6.92 Å². The van der Waals surface area contributed by atoms with Crippen LogP contribution in [0.15, 0.2) is 72.8 Å². The first-order chi connectivity index (χ1) is 18.1. The first-order valence-electron chi connectivity index (χ1n) is 11.8. The van der Waals surface area contributed by atoms with Gasteiger partial charge in [-0.25, -0.2) is 14.6 Å². The highest BCUT2D eigenvalue weighted by Gasteiger charge is 2.22. The number of aromatic nitrogens is 5. The van der Waals surface area contributed by atoms with Crippen LogP contribution < -0.4 is 14.2 Å². The lowest BCUT2D eigenvalue weighted by molar-refractivity contribution is 0.324. The van der Waals surface area contributed by atoms with E-state index in [4.69, 9.17) is 29.3 Å². The van der Waals surface area contributed by atoms with Crippen molar-refractivity contribution in [3.8, 4) is 45.6 Å². The number of nitrogens with one attached hydrogen (secondary N) is 1. The average molecular weight is 492 g/mol. The summed E-state index contributed by atoms with van der Waals surface area (Å²) in [7, 11) is 4.79. The lowest BCUT2D eigenvalue weighted by atomic mass is 10.0. The molecule has 0 aliphatic rings. The molecular weight excluding hydrogens is 466 g/mol. The van der Waals surface area contributed by atoms with E-state index in [1.165, 1.54) is 0 Å². The van der Waals surface area contributed by atoms with Gasteiger partial charge in [-0.3, -0.25) is 0 Å². The number of nitrogens with zero attached hydrogens (tertiary/aromatic N) is 4. The van der Waals surface area contributed by atoms with Crippen molar-refractivity contribution < 1.29 is 14.2 Å². The van der Waals surface area contributed by atoms with E-state index >= 15 is 0 Å². The zero-order valence-electron chi connectivity index (χ0n) is 20.9. The van der Waals surface area contributed by atoms with Gasteiger partial charge in [-0.15, -0.1) is 0 Å². The van der Waals surface area contributed by atoms with Gasteiger partial charge in [0, 0.05) is 16.5 Å². The maximum Gasteiger partial charge on any atom is 0.203 e. The van der Waals surface area contributed by atoms with Crippen LogP contribution in [0.1, 0.15) is 5.69 Å². The molecule has 0 unspecified atom stereocenters. The highest BCUT2D eigenvalue weighted by Crippen LogP contribution is 2.43. The molecule has 8 heteroatoms. The second-order valence-corrected chi connectivity index (χ2v) is 8.61. The van der Waals surface area contributed by atoms with E-state index in [1.807, 2.05) is 78.3 Å². The quantitative estimate of drug-likeness (QED) is 0.309. The normalized spacial score (nSPS) is 11.2. The molecule has 0 aliphatic carbocycles. The number of aryl methyl sites for hydroxylation is 1. The van der Waals surface area contributed by atoms with Crippen LogP contribution in [0.25, 0.3) is 50.4 Å². The predicted molar refractivity (Wildman–Crippen MR) is 144 cm³/mol. The summed E-state index contributed by atoms with van der Waals surface area (Å²) in [5.74, 6) is 2.32. The van der Waals surface area contributed by atoms with Crippen molar-refractivity contribution in [1.82, 2.24) is 24.7 Å². The van der Waals surface area contributed by atoms with Crippen molar-refractivity contribution >= 4 is 22.1 Å². The maximum atomic E-state index is 5.65. The lowest BCUT2D eigenvalue weighted by Gasteiger charge is -2.15. The minimum absolute atomic E-state index is 0.519. The summed E-state index contributed by atoms with van der Waals surface area (Å²) in [5, 5.41) is 5.76. The van der Waals surface area contributed by atoms with E-state index < -0.39 is 0 Å². The zero-order valence-corrected chi connectivity index (χ0v) is 20.9. The number of pyridine rings is 1. The first-order valence-corrected chi connectivity index (χ1v) is 11.8. The molecule has 0 saturated carbocycles. The number of rotatable bonds is 6. The highest BCUT2D eigenvalue weighted by atomic mass is 16.5. The second kappa shape index (κ2) is 8.98. The summed E-state index contributed by atoms with van der Waals surface area (Å²) in [6.45, 7) is 1.99. The van der Waals surface area contributed by atoms with Gasteiger partial charge in [0.1, 0.15) is 5.82 Å². The predicted octanol–water partition coefficient (Wildman–Crippen LogP) is 5.97. The smallest absolute Gasteiger partial charge is 0.203 e. The molecule has 0 aliphatic heterocycles. The summed E-state index contributed by atoms with van der Waals surface area (Å²) in [5.41, 5.74) is 6.73. The van der Waals surface area contributed by atoms with Crippen LogP contribution in [0.2, 0.25) is 0 Å². The van der Waals surface area contributed by atoms with E-state index in [9.17, 15) is 0 Å². The number of aromatic amines is 1. The maximum absolute atomic E-state index is 5.65. The van der Waals surface area contributed by atoms with Crippen LogP contribution in [0, 0.1) is 6.92 Å². The number of hydrogen-bond donors (Lipinski definition) is 1. The third-order valence-corrected chi connectivity index (χ3v) is 6.43. The van der Waals surface area contributed by atoms with E-state index in [1.54, 1.807) is 21.3 Å². The summed E-state index contributed by atoms with van der Waals surface area (Å²) >= 11 is 0. The molecular formula is C29H25N5O3. The van der Waals surface area contributed by atoms with Gasteiger partial charge < -0.3 is 19.2 Å². The van der Waals surface area contributed by atoms with Crippen LogP contribution >= 0.6 is 0 Å². The molecule has 37 heavy (non-hydrogen) atoms. The van der Waals surface area contributed by atoms with Gasteiger partial charge in [0.2, 0.25) is 5.75 Å². The summed E-state index contributed by atoms with van der Waals surface area (Å²) in [6.07, 6.45) is 0.